The van der Waals surface area contributed by atoms with Gasteiger partial charge in [0, 0.05) is 18.6 Å². The number of carbonyl (C=O) groups is 1. The molecular formula is C22H31NO4. The first-order valence-corrected chi connectivity index (χ1v) is 9.74. The number of aromatic nitrogens is 1. The molecule has 0 N–H and O–H groups in total. The number of hydrogen-bond acceptors (Lipinski definition) is 5. The van der Waals surface area contributed by atoms with Crippen molar-refractivity contribution < 1.29 is 18.7 Å². The molecule has 5 heteroatoms. The van der Waals surface area contributed by atoms with Crippen LogP contribution in [0.4, 0.5) is 0 Å². The molecule has 0 fully saturated rings. The lowest BCUT2D eigenvalue weighted by Crippen LogP contribution is -2.36. The molecule has 0 aliphatic heterocycles. The van der Waals surface area contributed by atoms with Gasteiger partial charge in [-0.05, 0) is 45.2 Å². The summed E-state index contributed by atoms with van der Waals surface area (Å²) >= 11 is 0. The van der Waals surface area contributed by atoms with Gasteiger partial charge in [0.2, 0.25) is 5.89 Å². The van der Waals surface area contributed by atoms with E-state index in [0.717, 1.165) is 55.5 Å². The van der Waals surface area contributed by atoms with Crippen molar-refractivity contribution in [3.63, 3.8) is 0 Å². The zero-order valence-electron chi connectivity index (χ0n) is 16.9. The summed E-state index contributed by atoms with van der Waals surface area (Å²) in [5.74, 6) is 1.35. The third-order valence-corrected chi connectivity index (χ3v) is 4.57. The van der Waals surface area contributed by atoms with Gasteiger partial charge in [-0.2, -0.15) is 0 Å². The van der Waals surface area contributed by atoms with Crippen molar-refractivity contribution in [2.45, 2.75) is 64.9 Å². The fraction of sp³-hybridized carbons (Fsp3) is 0.545. The summed E-state index contributed by atoms with van der Waals surface area (Å²) in [6.07, 6.45) is 5.92. The van der Waals surface area contributed by atoms with Crippen LogP contribution in [0, 0.1) is 0 Å². The van der Waals surface area contributed by atoms with E-state index >= 15 is 0 Å². The van der Waals surface area contributed by atoms with Crippen LogP contribution in [-0.4, -0.2) is 30.3 Å². The highest BCUT2D eigenvalue weighted by Crippen LogP contribution is 2.23. The van der Waals surface area contributed by atoms with Gasteiger partial charge >= 0.3 is 5.97 Å². The molecule has 0 bridgehead atoms. The first-order chi connectivity index (χ1) is 13.0. The summed E-state index contributed by atoms with van der Waals surface area (Å²) in [5.41, 5.74) is 1.21. The number of oxazole rings is 1. The van der Waals surface area contributed by atoms with E-state index in [1.165, 1.54) is 7.11 Å². The number of methoxy groups -OCH3 is 1. The Morgan fingerprint density at radius 2 is 1.81 bits per heavy atom. The predicted molar refractivity (Wildman–Crippen MR) is 106 cm³/mol. The lowest BCUT2D eigenvalue weighted by atomic mass is 10.1. The van der Waals surface area contributed by atoms with Gasteiger partial charge in [0.25, 0.3) is 0 Å². The highest BCUT2D eigenvalue weighted by Gasteiger charge is 2.29. The molecule has 0 saturated carbocycles. The molecule has 148 valence electrons. The standard InChI is InChI=1S/C22H31NO4/c1-5-19-18(23-20(27-19)17-13-9-8-10-14-17)15-11-6-7-12-16-26-22(2,3)21(24)25-4/h8-10,13-14H,5-7,11-12,15-16H2,1-4H3. The van der Waals surface area contributed by atoms with Gasteiger partial charge in [-0.15, -0.1) is 0 Å². The third kappa shape index (κ3) is 6.21. The summed E-state index contributed by atoms with van der Waals surface area (Å²) in [5, 5.41) is 0. The molecule has 2 aromatic rings. The third-order valence-electron chi connectivity index (χ3n) is 4.57. The quantitative estimate of drug-likeness (QED) is 0.411. The summed E-state index contributed by atoms with van der Waals surface area (Å²) in [4.78, 5) is 16.3. The first-order valence-electron chi connectivity index (χ1n) is 9.74. The number of unbranched alkanes of at least 4 members (excludes halogenated alkanes) is 3. The van der Waals surface area contributed by atoms with Gasteiger partial charge in [0.1, 0.15) is 5.76 Å². The van der Waals surface area contributed by atoms with Crippen LogP contribution in [0.3, 0.4) is 0 Å². The van der Waals surface area contributed by atoms with Gasteiger partial charge < -0.3 is 13.9 Å². The number of ether oxygens (including phenoxy) is 2. The molecule has 2 rings (SSSR count). The number of hydrogen-bond donors (Lipinski definition) is 0. The van der Waals surface area contributed by atoms with Crippen molar-refractivity contribution in [3.8, 4) is 11.5 Å². The van der Waals surface area contributed by atoms with Crippen LogP contribution in [0.25, 0.3) is 11.5 Å². The largest absolute Gasteiger partial charge is 0.467 e. The average Bonchev–Trinajstić information content (AvgIpc) is 3.10. The maximum Gasteiger partial charge on any atom is 0.337 e. The number of aryl methyl sites for hydroxylation is 2. The second-order valence-electron chi connectivity index (χ2n) is 7.12. The van der Waals surface area contributed by atoms with Crippen molar-refractivity contribution in [1.82, 2.24) is 4.98 Å². The predicted octanol–water partition coefficient (Wildman–Crippen LogP) is 4.98. The summed E-state index contributed by atoms with van der Waals surface area (Å²) in [7, 11) is 1.38. The van der Waals surface area contributed by atoms with Gasteiger partial charge in [-0.1, -0.05) is 38.0 Å². The highest BCUT2D eigenvalue weighted by atomic mass is 16.6. The first kappa shape index (κ1) is 21.2. The fourth-order valence-corrected chi connectivity index (χ4v) is 2.94. The van der Waals surface area contributed by atoms with Crippen molar-refractivity contribution in [1.29, 1.82) is 0 Å². The number of esters is 1. The molecule has 0 atom stereocenters. The molecule has 0 unspecified atom stereocenters. The molecule has 0 aliphatic rings. The second-order valence-corrected chi connectivity index (χ2v) is 7.12. The van der Waals surface area contributed by atoms with Crippen LogP contribution in [0.5, 0.6) is 0 Å². The minimum absolute atomic E-state index is 0.338. The van der Waals surface area contributed by atoms with E-state index in [4.69, 9.17) is 18.9 Å². The van der Waals surface area contributed by atoms with Gasteiger partial charge in [-0.3, -0.25) is 0 Å². The smallest absolute Gasteiger partial charge is 0.337 e. The molecule has 27 heavy (non-hydrogen) atoms. The van der Waals surface area contributed by atoms with Crippen LogP contribution in [0.2, 0.25) is 0 Å². The van der Waals surface area contributed by atoms with Gasteiger partial charge in [-0.25, -0.2) is 9.78 Å². The Hall–Kier alpha value is -2.14. The maximum absolute atomic E-state index is 11.6. The Labute approximate surface area is 162 Å². The molecule has 0 saturated heterocycles. The topological polar surface area (TPSA) is 61.6 Å². The van der Waals surface area contributed by atoms with E-state index in [-0.39, 0.29) is 5.97 Å². The molecule has 0 radical (unpaired) electrons. The SMILES string of the molecule is CCc1oc(-c2ccccc2)nc1CCCCCCOC(C)(C)C(=O)OC. The lowest BCUT2D eigenvalue weighted by molar-refractivity contribution is -0.165. The highest BCUT2D eigenvalue weighted by molar-refractivity contribution is 5.78. The summed E-state index contributed by atoms with van der Waals surface area (Å²) < 4.78 is 16.3. The van der Waals surface area contributed by atoms with Crippen LogP contribution in [-0.2, 0) is 27.1 Å². The van der Waals surface area contributed by atoms with Gasteiger partial charge in [0.05, 0.1) is 12.8 Å². The number of benzene rings is 1. The Balaban J connectivity index is 1.73. The summed E-state index contributed by atoms with van der Waals surface area (Å²) in [6.45, 7) is 6.13. The Morgan fingerprint density at radius 1 is 1.11 bits per heavy atom. The van der Waals surface area contributed by atoms with Crippen LogP contribution in [0.1, 0.15) is 57.9 Å². The molecule has 0 aliphatic carbocycles. The second kappa shape index (κ2) is 10.3. The molecular weight excluding hydrogens is 342 g/mol. The molecule has 1 heterocycles. The molecule has 1 aromatic heterocycles. The minimum Gasteiger partial charge on any atom is -0.467 e. The average molecular weight is 373 g/mol. The fourth-order valence-electron chi connectivity index (χ4n) is 2.94. The zero-order valence-corrected chi connectivity index (χ0v) is 16.9. The van der Waals surface area contributed by atoms with Gasteiger partial charge in [0.15, 0.2) is 5.60 Å². The molecule has 5 nitrogen and oxygen atoms in total. The molecule has 1 aromatic carbocycles. The summed E-state index contributed by atoms with van der Waals surface area (Å²) in [6, 6.07) is 10.0. The Morgan fingerprint density at radius 3 is 2.48 bits per heavy atom. The van der Waals surface area contributed by atoms with E-state index in [9.17, 15) is 4.79 Å². The van der Waals surface area contributed by atoms with Crippen molar-refractivity contribution in [2.75, 3.05) is 13.7 Å². The van der Waals surface area contributed by atoms with Crippen molar-refractivity contribution in [3.05, 3.63) is 41.8 Å². The number of nitrogens with zero attached hydrogens (tertiary/aromatic N) is 1. The Bertz CT molecular complexity index is 706. The zero-order chi connectivity index (χ0) is 19.7. The normalized spacial score (nSPS) is 11.6. The van der Waals surface area contributed by atoms with Crippen LogP contribution >= 0.6 is 0 Å². The van der Waals surface area contributed by atoms with E-state index in [1.807, 2.05) is 30.3 Å². The van der Waals surface area contributed by atoms with E-state index < -0.39 is 5.60 Å². The van der Waals surface area contributed by atoms with Crippen molar-refractivity contribution in [2.24, 2.45) is 0 Å². The minimum atomic E-state index is -0.876. The van der Waals surface area contributed by atoms with Crippen molar-refractivity contribution >= 4 is 5.97 Å². The van der Waals surface area contributed by atoms with E-state index in [1.54, 1.807) is 13.8 Å². The Kier molecular flexibility index (Phi) is 8.04. The van der Waals surface area contributed by atoms with E-state index in [0.29, 0.717) is 12.5 Å². The molecule has 0 amide bonds. The molecule has 0 spiro atoms. The lowest BCUT2D eigenvalue weighted by Gasteiger charge is -2.22. The monoisotopic (exact) mass is 373 g/mol. The maximum atomic E-state index is 11.6. The number of rotatable bonds is 11. The van der Waals surface area contributed by atoms with Crippen LogP contribution < -0.4 is 0 Å². The van der Waals surface area contributed by atoms with E-state index in [2.05, 4.69) is 6.92 Å². The van der Waals surface area contributed by atoms with Crippen LogP contribution in [0.15, 0.2) is 34.7 Å². The number of carbonyl (C=O) groups excluding carboxylic acids is 1.